The average molecular weight is 363 g/mol. The number of nitrogens with zero attached hydrogens (tertiary/aromatic N) is 1. The largest absolute Gasteiger partial charge is 0.376 e. The van der Waals surface area contributed by atoms with Gasteiger partial charge in [0, 0.05) is 0 Å². The van der Waals surface area contributed by atoms with Gasteiger partial charge in [0.25, 0.3) is 11.8 Å². The second-order valence-electron chi connectivity index (χ2n) is 7.46. The standard InChI is InChI=1S/C23H25NO3/c25-22-20-13-7-8-14-21(20)23(26)24(22)18(15-17-9-3-1-4-10-17)16-27-19-11-5-2-6-12-19/h1,3-4,7-10,13-14,18-19H,2,5-6,11-12,15-16H2/t18-/m0/s1. The van der Waals surface area contributed by atoms with Crippen LogP contribution in [0.5, 0.6) is 0 Å². The van der Waals surface area contributed by atoms with Crippen molar-refractivity contribution in [3.05, 3.63) is 71.3 Å². The first-order chi connectivity index (χ1) is 13.2. The molecule has 1 atom stereocenters. The molecule has 2 aliphatic rings. The van der Waals surface area contributed by atoms with E-state index in [-0.39, 0.29) is 24.0 Å². The molecule has 1 aliphatic heterocycles. The summed E-state index contributed by atoms with van der Waals surface area (Å²) < 4.78 is 6.18. The molecule has 1 aliphatic carbocycles. The fraction of sp³-hybridized carbons (Fsp3) is 0.391. The summed E-state index contributed by atoms with van der Waals surface area (Å²) in [5, 5.41) is 0. The smallest absolute Gasteiger partial charge is 0.261 e. The maximum absolute atomic E-state index is 12.9. The van der Waals surface area contributed by atoms with Crippen molar-refractivity contribution in [2.45, 2.75) is 50.7 Å². The maximum atomic E-state index is 12.9. The van der Waals surface area contributed by atoms with E-state index in [1.54, 1.807) is 24.3 Å². The minimum absolute atomic E-state index is 0.205. The summed E-state index contributed by atoms with van der Waals surface area (Å²) in [6.45, 7) is 0.394. The zero-order valence-corrected chi connectivity index (χ0v) is 15.5. The van der Waals surface area contributed by atoms with Crippen LogP contribution >= 0.6 is 0 Å². The molecular formula is C23H25NO3. The third-order valence-electron chi connectivity index (χ3n) is 5.58. The van der Waals surface area contributed by atoms with Gasteiger partial charge < -0.3 is 4.74 Å². The Morgan fingerprint density at radius 1 is 0.852 bits per heavy atom. The Balaban J connectivity index is 1.55. The van der Waals surface area contributed by atoms with E-state index >= 15 is 0 Å². The van der Waals surface area contributed by atoms with Crippen molar-refractivity contribution in [1.29, 1.82) is 0 Å². The number of carbonyl (C=O) groups is 2. The van der Waals surface area contributed by atoms with Crippen LogP contribution in [0.15, 0.2) is 54.6 Å². The summed E-state index contributed by atoms with van der Waals surface area (Å²) in [7, 11) is 0. The Hall–Kier alpha value is -2.46. The highest BCUT2D eigenvalue weighted by Gasteiger charge is 2.40. The Morgan fingerprint density at radius 3 is 2.07 bits per heavy atom. The summed E-state index contributed by atoms with van der Waals surface area (Å²) in [6.07, 6.45) is 6.65. The number of amides is 2. The van der Waals surface area contributed by atoms with Gasteiger partial charge in [-0.1, -0.05) is 61.7 Å². The summed E-state index contributed by atoms with van der Waals surface area (Å²) >= 11 is 0. The molecule has 1 saturated carbocycles. The highest BCUT2D eigenvalue weighted by Crippen LogP contribution is 2.27. The van der Waals surface area contributed by atoms with Crippen molar-refractivity contribution in [3.8, 4) is 0 Å². The van der Waals surface area contributed by atoms with E-state index in [1.807, 2.05) is 30.3 Å². The molecule has 2 aromatic rings. The molecule has 0 N–H and O–H groups in total. The predicted octanol–water partition coefficient (Wildman–Crippen LogP) is 4.24. The zero-order chi connectivity index (χ0) is 18.6. The first-order valence-electron chi connectivity index (χ1n) is 9.86. The van der Waals surface area contributed by atoms with Crippen LogP contribution in [0.3, 0.4) is 0 Å². The van der Waals surface area contributed by atoms with Crippen LogP contribution in [0.25, 0.3) is 0 Å². The molecule has 27 heavy (non-hydrogen) atoms. The predicted molar refractivity (Wildman–Crippen MR) is 104 cm³/mol. The van der Waals surface area contributed by atoms with Gasteiger partial charge in [-0.25, -0.2) is 0 Å². The van der Waals surface area contributed by atoms with E-state index in [4.69, 9.17) is 4.74 Å². The van der Waals surface area contributed by atoms with Crippen molar-refractivity contribution in [2.75, 3.05) is 6.61 Å². The molecule has 1 fully saturated rings. The van der Waals surface area contributed by atoms with Crippen LogP contribution in [0.4, 0.5) is 0 Å². The van der Waals surface area contributed by atoms with Gasteiger partial charge in [0.05, 0.1) is 29.9 Å². The lowest BCUT2D eigenvalue weighted by Gasteiger charge is -2.29. The monoisotopic (exact) mass is 363 g/mol. The normalized spacial score (nSPS) is 18.6. The van der Waals surface area contributed by atoms with Gasteiger partial charge in [0.1, 0.15) is 0 Å². The number of rotatable bonds is 6. The Bertz CT molecular complexity index is 776. The van der Waals surface area contributed by atoms with Gasteiger partial charge in [0.15, 0.2) is 0 Å². The minimum Gasteiger partial charge on any atom is -0.376 e. The van der Waals surface area contributed by atoms with Gasteiger partial charge in [-0.05, 0) is 37.0 Å². The molecule has 0 radical (unpaired) electrons. The molecule has 140 valence electrons. The minimum atomic E-state index is -0.290. The molecule has 1 heterocycles. The van der Waals surface area contributed by atoms with E-state index in [0.717, 1.165) is 18.4 Å². The highest BCUT2D eigenvalue weighted by atomic mass is 16.5. The molecule has 4 rings (SSSR count). The molecule has 0 bridgehead atoms. The number of carbonyl (C=O) groups excluding carboxylic acids is 2. The SMILES string of the molecule is O=C1c2ccccc2C(=O)N1[C@H](COC1CCCCC1)Cc1ccccc1. The van der Waals surface area contributed by atoms with Crippen molar-refractivity contribution in [1.82, 2.24) is 4.90 Å². The van der Waals surface area contributed by atoms with Crippen LogP contribution < -0.4 is 0 Å². The molecule has 0 unspecified atom stereocenters. The number of hydrogen-bond acceptors (Lipinski definition) is 3. The third-order valence-corrected chi connectivity index (χ3v) is 5.58. The quantitative estimate of drug-likeness (QED) is 0.721. The second kappa shape index (κ2) is 8.05. The first kappa shape index (κ1) is 17.9. The zero-order valence-electron chi connectivity index (χ0n) is 15.5. The number of ether oxygens (including phenoxy) is 1. The van der Waals surface area contributed by atoms with Gasteiger partial charge >= 0.3 is 0 Å². The first-order valence-corrected chi connectivity index (χ1v) is 9.86. The van der Waals surface area contributed by atoms with Gasteiger partial charge in [0.2, 0.25) is 0 Å². The van der Waals surface area contributed by atoms with Crippen LogP contribution in [0.1, 0.15) is 58.4 Å². The number of imide groups is 1. The lowest BCUT2D eigenvalue weighted by Crippen LogP contribution is -2.44. The summed E-state index contributed by atoms with van der Waals surface area (Å²) in [5.41, 5.74) is 2.10. The van der Waals surface area contributed by atoms with E-state index in [2.05, 4.69) is 0 Å². The van der Waals surface area contributed by atoms with Crippen molar-refractivity contribution >= 4 is 11.8 Å². The van der Waals surface area contributed by atoms with E-state index < -0.39 is 0 Å². The molecule has 2 aromatic carbocycles. The van der Waals surface area contributed by atoms with Crippen molar-refractivity contribution < 1.29 is 14.3 Å². The van der Waals surface area contributed by atoms with Crippen LogP contribution in [0.2, 0.25) is 0 Å². The van der Waals surface area contributed by atoms with E-state index in [9.17, 15) is 9.59 Å². The molecular weight excluding hydrogens is 338 g/mol. The molecule has 0 aromatic heterocycles. The second-order valence-corrected chi connectivity index (χ2v) is 7.46. The molecule has 4 heteroatoms. The van der Waals surface area contributed by atoms with Crippen LogP contribution in [-0.4, -0.2) is 35.5 Å². The number of benzene rings is 2. The summed E-state index contributed by atoms with van der Waals surface area (Å²) in [5.74, 6) is -0.410. The van der Waals surface area contributed by atoms with Gasteiger partial charge in [-0.3, -0.25) is 14.5 Å². The number of hydrogen-bond donors (Lipinski definition) is 0. The van der Waals surface area contributed by atoms with Crippen molar-refractivity contribution in [2.24, 2.45) is 0 Å². The topological polar surface area (TPSA) is 46.6 Å². The Labute approximate surface area is 160 Å². The maximum Gasteiger partial charge on any atom is 0.261 e. The lowest BCUT2D eigenvalue weighted by molar-refractivity contribution is -0.00319. The van der Waals surface area contributed by atoms with E-state index in [1.165, 1.54) is 24.2 Å². The summed E-state index contributed by atoms with van der Waals surface area (Å²) in [6, 6.07) is 16.8. The van der Waals surface area contributed by atoms with Crippen LogP contribution in [-0.2, 0) is 11.2 Å². The Morgan fingerprint density at radius 2 is 1.44 bits per heavy atom. The molecule has 0 spiro atoms. The fourth-order valence-corrected chi connectivity index (χ4v) is 4.13. The fourth-order valence-electron chi connectivity index (χ4n) is 4.13. The van der Waals surface area contributed by atoms with Gasteiger partial charge in [-0.2, -0.15) is 0 Å². The van der Waals surface area contributed by atoms with Crippen LogP contribution in [0, 0.1) is 0 Å². The Kier molecular flexibility index (Phi) is 5.35. The molecule has 4 nitrogen and oxygen atoms in total. The van der Waals surface area contributed by atoms with E-state index in [0.29, 0.717) is 24.2 Å². The van der Waals surface area contributed by atoms with Crippen molar-refractivity contribution in [3.63, 3.8) is 0 Å². The molecule has 2 amide bonds. The molecule has 0 saturated heterocycles. The summed E-state index contributed by atoms with van der Waals surface area (Å²) in [4.78, 5) is 27.3. The number of fused-ring (bicyclic) bond motifs is 1. The average Bonchev–Trinajstić information content (AvgIpc) is 2.98. The lowest BCUT2D eigenvalue weighted by atomic mass is 9.97. The van der Waals surface area contributed by atoms with Gasteiger partial charge in [-0.15, -0.1) is 0 Å². The highest BCUT2D eigenvalue weighted by molar-refractivity contribution is 6.21. The third kappa shape index (κ3) is 3.81.